The van der Waals surface area contributed by atoms with E-state index >= 15 is 0 Å². The molecule has 0 aliphatic carbocycles. The summed E-state index contributed by atoms with van der Waals surface area (Å²) in [4.78, 5) is 22.8. The van der Waals surface area contributed by atoms with Crippen LogP contribution in [0.25, 0.3) is 0 Å². The summed E-state index contributed by atoms with van der Waals surface area (Å²) < 4.78 is 0. The summed E-state index contributed by atoms with van der Waals surface area (Å²) in [5, 5.41) is 19.8. The minimum atomic E-state index is -1.03. The first-order chi connectivity index (χ1) is 8.97. The molecule has 0 heterocycles. The molecule has 1 rings (SSSR count). The summed E-state index contributed by atoms with van der Waals surface area (Å²) >= 11 is 0. The van der Waals surface area contributed by atoms with Gasteiger partial charge in [-0.3, -0.25) is 19.8 Å². The molecule has 0 saturated carbocycles. The van der Waals surface area contributed by atoms with Crippen LogP contribution in [0, 0.1) is 22.5 Å². The van der Waals surface area contributed by atoms with Crippen LogP contribution < -0.4 is 0 Å². The Balaban J connectivity index is 3.09. The zero-order valence-corrected chi connectivity index (χ0v) is 10.4. The fraction of sp³-hybridized carbons (Fsp3) is 0.308. The molecule has 1 aromatic carbocycles. The van der Waals surface area contributed by atoms with Gasteiger partial charge in [0, 0.05) is 17.7 Å². The molecule has 0 radical (unpaired) electrons. The van der Waals surface area contributed by atoms with Gasteiger partial charge in [-0.05, 0) is 6.92 Å². The van der Waals surface area contributed by atoms with Gasteiger partial charge in [-0.2, -0.15) is 0 Å². The molecule has 1 unspecified atom stereocenters. The van der Waals surface area contributed by atoms with E-state index in [4.69, 9.17) is 11.5 Å². The summed E-state index contributed by atoms with van der Waals surface area (Å²) in [6.07, 6.45) is 5.20. The maximum Gasteiger partial charge on any atom is 0.317 e. The van der Waals surface area contributed by atoms with Crippen LogP contribution >= 0.6 is 0 Å². The molecule has 1 atom stereocenters. The van der Waals surface area contributed by atoms with Gasteiger partial charge in [-0.15, -0.1) is 6.42 Å². The average molecular weight is 262 g/mol. The van der Waals surface area contributed by atoms with E-state index in [2.05, 4.69) is 5.92 Å². The molecule has 0 aliphatic heterocycles. The van der Waals surface area contributed by atoms with Gasteiger partial charge < -0.3 is 5.11 Å². The van der Waals surface area contributed by atoms with Gasteiger partial charge in [-0.25, -0.2) is 0 Å². The Morgan fingerprint density at radius 3 is 2.74 bits per heavy atom. The number of carbonyl (C=O) groups is 1. The predicted molar refractivity (Wildman–Crippen MR) is 69.6 cm³/mol. The molecule has 6 heteroatoms. The summed E-state index contributed by atoms with van der Waals surface area (Å²) in [5.41, 5.74) is 0.409. The molecule has 100 valence electrons. The van der Waals surface area contributed by atoms with Crippen LogP contribution in [0.4, 0.5) is 5.69 Å². The molecule has 0 bridgehead atoms. The Morgan fingerprint density at radius 1 is 1.58 bits per heavy atom. The van der Waals surface area contributed by atoms with Crippen molar-refractivity contribution in [2.24, 2.45) is 0 Å². The minimum Gasteiger partial charge on any atom is -0.480 e. The van der Waals surface area contributed by atoms with Crippen molar-refractivity contribution in [3.05, 3.63) is 39.9 Å². The van der Waals surface area contributed by atoms with Crippen LogP contribution in [0.3, 0.4) is 0 Å². The van der Waals surface area contributed by atoms with Crippen LogP contribution in [0.1, 0.15) is 18.5 Å². The van der Waals surface area contributed by atoms with Crippen molar-refractivity contribution in [3.63, 3.8) is 0 Å². The maximum absolute atomic E-state index is 11.0. The number of nitrogens with zero attached hydrogens (tertiary/aromatic N) is 2. The van der Waals surface area contributed by atoms with E-state index in [9.17, 15) is 14.9 Å². The largest absolute Gasteiger partial charge is 0.480 e. The first-order valence-electron chi connectivity index (χ1n) is 5.60. The molecule has 19 heavy (non-hydrogen) atoms. The normalized spacial score (nSPS) is 11.8. The minimum absolute atomic E-state index is 0.0394. The fourth-order valence-electron chi connectivity index (χ4n) is 1.82. The summed E-state index contributed by atoms with van der Waals surface area (Å²) in [7, 11) is 0. The van der Waals surface area contributed by atoms with Crippen molar-refractivity contribution in [1.82, 2.24) is 4.90 Å². The fourth-order valence-corrected chi connectivity index (χ4v) is 1.82. The van der Waals surface area contributed by atoms with E-state index in [-0.39, 0.29) is 18.8 Å². The number of benzene rings is 1. The number of terminal acetylenes is 1. The molecule has 0 aromatic heterocycles. The standard InChI is InChI=1S/C13H14N2O4/c1-3-8-14(9-13(16)17)10(2)11-6-4-5-7-12(11)15(18)19/h1,4-7,10H,8-9H2,2H3,(H,16,17). The summed E-state index contributed by atoms with van der Waals surface area (Å²) in [6.45, 7) is 1.54. The van der Waals surface area contributed by atoms with Crippen molar-refractivity contribution in [1.29, 1.82) is 0 Å². The van der Waals surface area contributed by atoms with Crippen molar-refractivity contribution >= 4 is 11.7 Å². The van der Waals surface area contributed by atoms with Crippen LogP contribution in [0.15, 0.2) is 24.3 Å². The molecule has 0 aliphatic rings. The Morgan fingerprint density at radius 2 is 2.21 bits per heavy atom. The van der Waals surface area contributed by atoms with E-state index in [1.54, 1.807) is 25.1 Å². The van der Waals surface area contributed by atoms with Gasteiger partial charge in [0.05, 0.1) is 18.0 Å². The number of rotatable bonds is 6. The molecule has 1 N–H and O–H groups in total. The zero-order chi connectivity index (χ0) is 14.4. The van der Waals surface area contributed by atoms with Gasteiger partial charge in [-0.1, -0.05) is 24.1 Å². The van der Waals surface area contributed by atoms with Crippen molar-refractivity contribution < 1.29 is 14.8 Å². The zero-order valence-electron chi connectivity index (χ0n) is 10.4. The highest BCUT2D eigenvalue weighted by Crippen LogP contribution is 2.28. The smallest absolute Gasteiger partial charge is 0.317 e. The summed E-state index contributed by atoms with van der Waals surface area (Å²) in [6, 6.07) is 5.79. The van der Waals surface area contributed by atoms with Crippen LogP contribution in [-0.2, 0) is 4.79 Å². The lowest BCUT2D eigenvalue weighted by molar-refractivity contribution is -0.386. The Hall–Kier alpha value is -2.39. The first-order valence-corrected chi connectivity index (χ1v) is 5.60. The van der Waals surface area contributed by atoms with Gasteiger partial charge in [0.25, 0.3) is 5.69 Å². The number of carboxylic acids is 1. The second-order valence-electron chi connectivity index (χ2n) is 3.99. The van der Waals surface area contributed by atoms with Gasteiger partial charge in [0.2, 0.25) is 0 Å². The third-order valence-corrected chi connectivity index (χ3v) is 2.76. The number of hydrogen-bond acceptors (Lipinski definition) is 4. The SMILES string of the molecule is C#CCN(CC(=O)O)C(C)c1ccccc1[N+](=O)[O-]. The molecule has 1 aromatic rings. The number of nitro benzene ring substituents is 1. The van der Waals surface area contributed by atoms with Gasteiger partial charge in [0.1, 0.15) is 0 Å². The van der Waals surface area contributed by atoms with E-state index in [0.717, 1.165) is 0 Å². The molecular weight excluding hydrogens is 248 g/mol. The van der Waals surface area contributed by atoms with Crippen molar-refractivity contribution in [3.8, 4) is 12.3 Å². The van der Waals surface area contributed by atoms with Crippen LogP contribution in [0.5, 0.6) is 0 Å². The number of hydrogen-bond donors (Lipinski definition) is 1. The van der Waals surface area contributed by atoms with Gasteiger partial charge >= 0.3 is 5.97 Å². The topological polar surface area (TPSA) is 83.7 Å². The maximum atomic E-state index is 11.0. The van der Waals surface area contributed by atoms with Crippen LogP contribution in [-0.4, -0.2) is 34.0 Å². The Bertz CT molecular complexity index is 522. The lowest BCUT2D eigenvalue weighted by Gasteiger charge is -2.25. The first kappa shape index (κ1) is 14.7. The molecule has 0 fully saturated rings. The second-order valence-corrected chi connectivity index (χ2v) is 3.99. The van der Waals surface area contributed by atoms with Crippen molar-refractivity contribution in [2.45, 2.75) is 13.0 Å². The van der Waals surface area contributed by atoms with E-state index in [1.807, 2.05) is 0 Å². The van der Waals surface area contributed by atoms with E-state index in [0.29, 0.717) is 5.56 Å². The lowest BCUT2D eigenvalue weighted by Crippen LogP contribution is -2.33. The lowest BCUT2D eigenvalue weighted by atomic mass is 10.0. The molecule has 0 spiro atoms. The highest BCUT2D eigenvalue weighted by Gasteiger charge is 2.24. The van der Waals surface area contributed by atoms with Crippen LogP contribution in [0.2, 0.25) is 0 Å². The third-order valence-electron chi connectivity index (χ3n) is 2.76. The number of para-hydroxylation sites is 1. The number of carboxylic acid groups (broad SMARTS) is 1. The molecule has 6 nitrogen and oxygen atoms in total. The molecule has 0 saturated heterocycles. The quantitative estimate of drug-likeness (QED) is 0.479. The van der Waals surface area contributed by atoms with Crippen molar-refractivity contribution in [2.75, 3.05) is 13.1 Å². The number of aliphatic carboxylic acids is 1. The highest BCUT2D eigenvalue weighted by molar-refractivity contribution is 5.69. The predicted octanol–water partition coefficient (Wildman–Crippen LogP) is 1.68. The Kier molecular flexibility index (Phi) is 5.03. The number of nitro groups is 1. The molecule has 0 amide bonds. The summed E-state index contributed by atoms with van der Waals surface area (Å²) in [5.74, 6) is 1.34. The van der Waals surface area contributed by atoms with E-state index in [1.165, 1.54) is 11.0 Å². The monoisotopic (exact) mass is 262 g/mol. The average Bonchev–Trinajstić information content (AvgIpc) is 2.37. The van der Waals surface area contributed by atoms with Gasteiger partial charge in [0.15, 0.2) is 0 Å². The molecular formula is C13H14N2O4. The Labute approximate surface area is 110 Å². The van der Waals surface area contributed by atoms with E-state index < -0.39 is 16.9 Å². The highest BCUT2D eigenvalue weighted by atomic mass is 16.6. The third kappa shape index (κ3) is 3.79. The second kappa shape index (κ2) is 6.52.